The van der Waals surface area contributed by atoms with Crippen LogP contribution < -0.4 is 0 Å². The first-order valence-corrected chi connectivity index (χ1v) is 6.87. The smallest absolute Gasteiger partial charge is 0.0575 e. The minimum absolute atomic E-state index is 0.576. The molecule has 1 aliphatic carbocycles. The molecule has 0 aromatic rings. The van der Waals surface area contributed by atoms with Gasteiger partial charge in [-0.25, -0.2) is 0 Å². The van der Waals surface area contributed by atoms with Gasteiger partial charge in [0.05, 0.1) is 6.10 Å². The van der Waals surface area contributed by atoms with Crippen molar-refractivity contribution in [3.05, 3.63) is 0 Å². The average Bonchev–Trinajstić information content (AvgIpc) is 2.26. The summed E-state index contributed by atoms with van der Waals surface area (Å²) >= 11 is 0. The van der Waals surface area contributed by atoms with Crippen LogP contribution in [0.5, 0.6) is 0 Å². The molecular formula is C14H28O. The zero-order chi connectivity index (χ0) is 11.1. The summed E-state index contributed by atoms with van der Waals surface area (Å²) in [5.41, 5.74) is 0. The number of ether oxygens (including phenoxy) is 1. The van der Waals surface area contributed by atoms with E-state index in [4.69, 9.17) is 4.74 Å². The van der Waals surface area contributed by atoms with Crippen LogP contribution in [0.1, 0.15) is 65.7 Å². The van der Waals surface area contributed by atoms with Gasteiger partial charge >= 0.3 is 0 Å². The summed E-state index contributed by atoms with van der Waals surface area (Å²) in [6.45, 7) is 7.92. The Labute approximate surface area is 95.6 Å². The van der Waals surface area contributed by atoms with Gasteiger partial charge in [0, 0.05) is 6.61 Å². The van der Waals surface area contributed by atoms with Crippen LogP contribution >= 0.6 is 0 Å². The van der Waals surface area contributed by atoms with Crippen LogP contribution in [0.2, 0.25) is 0 Å². The Bertz CT molecular complexity index is 147. The maximum Gasteiger partial charge on any atom is 0.0575 e. The summed E-state index contributed by atoms with van der Waals surface area (Å²) < 4.78 is 6.04. The molecule has 1 rings (SSSR count). The summed E-state index contributed by atoms with van der Waals surface area (Å²) in [5.74, 6) is 1.73. The van der Waals surface area contributed by atoms with Crippen molar-refractivity contribution in [2.24, 2.45) is 11.8 Å². The van der Waals surface area contributed by atoms with E-state index in [2.05, 4.69) is 20.8 Å². The fraction of sp³-hybridized carbons (Fsp3) is 1.00. The second-order valence-electron chi connectivity index (χ2n) is 5.28. The minimum atomic E-state index is 0.576. The zero-order valence-corrected chi connectivity index (χ0v) is 10.8. The Morgan fingerprint density at radius 1 is 1.13 bits per heavy atom. The van der Waals surface area contributed by atoms with Crippen molar-refractivity contribution < 1.29 is 4.74 Å². The Morgan fingerprint density at radius 2 is 1.80 bits per heavy atom. The monoisotopic (exact) mass is 212 g/mol. The topological polar surface area (TPSA) is 9.23 Å². The van der Waals surface area contributed by atoms with E-state index in [-0.39, 0.29) is 0 Å². The molecule has 1 unspecified atom stereocenters. The third kappa shape index (κ3) is 5.01. The zero-order valence-electron chi connectivity index (χ0n) is 10.8. The first-order chi connectivity index (χ1) is 7.26. The van der Waals surface area contributed by atoms with Gasteiger partial charge in [0.25, 0.3) is 0 Å². The van der Waals surface area contributed by atoms with E-state index in [0.717, 1.165) is 18.4 Å². The molecule has 0 bridgehead atoms. The van der Waals surface area contributed by atoms with E-state index in [1.54, 1.807) is 0 Å². The molecule has 0 aromatic heterocycles. The molecule has 1 saturated carbocycles. The molecule has 1 fully saturated rings. The number of hydrogen-bond donors (Lipinski definition) is 0. The fourth-order valence-electron chi connectivity index (χ4n) is 2.48. The third-order valence-corrected chi connectivity index (χ3v) is 3.80. The van der Waals surface area contributed by atoms with Crippen LogP contribution in [-0.2, 0) is 4.74 Å². The predicted molar refractivity (Wildman–Crippen MR) is 66.1 cm³/mol. The van der Waals surface area contributed by atoms with Crippen molar-refractivity contribution in [1.82, 2.24) is 0 Å². The maximum atomic E-state index is 6.04. The highest BCUT2D eigenvalue weighted by molar-refractivity contribution is 4.70. The number of hydrogen-bond acceptors (Lipinski definition) is 1. The largest absolute Gasteiger partial charge is 0.378 e. The van der Waals surface area contributed by atoms with Crippen LogP contribution in [0.3, 0.4) is 0 Å². The van der Waals surface area contributed by atoms with E-state index in [0.29, 0.717) is 6.10 Å². The van der Waals surface area contributed by atoms with Crippen LogP contribution in [0.15, 0.2) is 0 Å². The van der Waals surface area contributed by atoms with Gasteiger partial charge in [-0.3, -0.25) is 0 Å². The van der Waals surface area contributed by atoms with Gasteiger partial charge in [0.1, 0.15) is 0 Å². The predicted octanol–water partition coefficient (Wildman–Crippen LogP) is 4.41. The van der Waals surface area contributed by atoms with E-state index in [1.165, 1.54) is 44.9 Å². The molecule has 15 heavy (non-hydrogen) atoms. The van der Waals surface area contributed by atoms with Gasteiger partial charge in [-0.1, -0.05) is 33.6 Å². The molecule has 1 nitrogen and oxygen atoms in total. The summed E-state index contributed by atoms with van der Waals surface area (Å²) in [6, 6.07) is 0. The highest BCUT2D eigenvalue weighted by atomic mass is 16.5. The van der Waals surface area contributed by atoms with E-state index < -0.39 is 0 Å². The van der Waals surface area contributed by atoms with Crippen molar-refractivity contribution in [2.75, 3.05) is 6.61 Å². The van der Waals surface area contributed by atoms with Crippen molar-refractivity contribution in [3.63, 3.8) is 0 Å². The van der Waals surface area contributed by atoms with Gasteiger partial charge in [-0.05, 0) is 43.9 Å². The van der Waals surface area contributed by atoms with E-state index >= 15 is 0 Å². The van der Waals surface area contributed by atoms with Gasteiger partial charge in [0.15, 0.2) is 0 Å². The van der Waals surface area contributed by atoms with Crippen molar-refractivity contribution >= 4 is 0 Å². The van der Waals surface area contributed by atoms with Crippen LogP contribution in [-0.4, -0.2) is 12.7 Å². The lowest BCUT2D eigenvalue weighted by atomic mass is 9.89. The molecule has 0 amide bonds. The first-order valence-electron chi connectivity index (χ1n) is 6.87. The van der Waals surface area contributed by atoms with Crippen molar-refractivity contribution in [1.29, 1.82) is 0 Å². The van der Waals surface area contributed by atoms with E-state index in [1.807, 2.05) is 0 Å². The highest BCUT2D eigenvalue weighted by Gasteiger charge is 2.19. The SMILES string of the molecule is CCCC(CC)COC1CCC(C)CC1. The van der Waals surface area contributed by atoms with Gasteiger partial charge in [-0.2, -0.15) is 0 Å². The molecule has 0 spiro atoms. The molecule has 0 saturated heterocycles. The van der Waals surface area contributed by atoms with Gasteiger partial charge < -0.3 is 4.74 Å². The number of rotatable bonds is 6. The maximum absolute atomic E-state index is 6.04. The Hall–Kier alpha value is -0.0400. The standard InChI is InChI=1S/C14H28O/c1-4-6-13(5-2)11-15-14-9-7-12(3)8-10-14/h12-14H,4-11H2,1-3H3. The summed E-state index contributed by atoms with van der Waals surface area (Å²) in [6.07, 6.45) is 9.81. The molecule has 1 aliphatic rings. The summed E-state index contributed by atoms with van der Waals surface area (Å²) in [4.78, 5) is 0. The normalized spacial score (nSPS) is 29.0. The minimum Gasteiger partial charge on any atom is -0.378 e. The van der Waals surface area contributed by atoms with Crippen LogP contribution in [0.25, 0.3) is 0 Å². The Morgan fingerprint density at radius 3 is 2.33 bits per heavy atom. The van der Waals surface area contributed by atoms with Gasteiger partial charge in [0.2, 0.25) is 0 Å². The Balaban J connectivity index is 2.12. The molecular weight excluding hydrogens is 184 g/mol. The lowest BCUT2D eigenvalue weighted by Crippen LogP contribution is -2.23. The molecule has 0 aromatic carbocycles. The summed E-state index contributed by atoms with van der Waals surface area (Å²) in [7, 11) is 0. The lowest BCUT2D eigenvalue weighted by Gasteiger charge is -2.27. The highest BCUT2D eigenvalue weighted by Crippen LogP contribution is 2.26. The molecule has 0 N–H and O–H groups in total. The quantitative estimate of drug-likeness (QED) is 0.634. The third-order valence-electron chi connectivity index (χ3n) is 3.80. The molecule has 0 aliphatic heterocycles. The second-order valence-corrected chi connectivity index (χ2v) is 5.28. The Kier molecular flexibility index (Phi) is 6.31. The molecule has 90 valence electrons. The van der Waals surface area contributed by atoms with Crippen LogP contribution in [0.4, 0.5) is 0 Å². The second kappa shape index (κ2) is 7.27. The van der Waals surface area contributed by atoms with Crippen LogP contribution in [0, 0.1) is 11.8 Å². The molecule has 1 atom stereocenters. The molecule has 0 heterocycles. The first kappa shape index (κ1) is 13.0. The fourth-order valence-corrected chi connectivity index (χ4v) is 2.48. The lowest BCUT2D eigenvalue weighted by molar-refractivity contribution is -0.00150. The molecule has 0 radical (unpaired) electrons. The summed E-state index contributed by atoms with van der Waals surface area (Å²) in [5, 5.41) is 0. The van der Waals surface area contributed by atoms with Crippen molar-refractivity contribution in [3.8, 4) is 0 Å². The van der Waals surface area contributed by atoms with Gasteiger partial charge in [-0.15, -0.1) is 0 Å². The molecule has 1 heteroatoms. The van der Waals surface area contributed by atoms with E-state index in [9.17, 15) is 0 Å². The average molecular weight is 212 g/mol. The van der Waals surface area contributed by atoms with Crippen molar-refractivity contribution in [2.45, 2.75) is 71.8 Å².